The number of fused-ring (bicyclic) bond motifs is 1. The van der Waals surface area contributed by atoms with Crippen molar-refractivity contribution in [3.63, 3.8) is 0 Å². The molecule has 8 nitrogen and oxygen atoms in total. The van der Waals surface area contributed by atoms with Gasteiger partial charge in [-0.25, -0.2) is 9.97 Å². The molecule has 0 aliphatic carbocycles. The number of aromatic nitrogens is 2. The number of carbonyl (C=O) groups excluding carboxylic acids is 1. The Hall–Kier alpha value is -2.78. The molecule has 0 saturated heterocycles. The highest BCUT2D eigenvalue weighted by molar-refractivity contribution is 8.02. The second kappa shape index (κ2) is 7.92. The van der Waals surface area contributed by atoms with Crippen molar-refractivity contribution in [1.82, 2.24) is 20.6 Å². The molecule has 2 atom stereocenters. The number of nitrogen functional groups attached to an aromatic ring is 1. The predicted octanol–water partition coefficient (Wildman–Crippen LogP) is 2.01. The van der Waals surface area contributed by atoms with E-state index in [-0.39, 0.29) is 23.3 Å². The van der Waals surface area contributed by atoms with E-state index in [4.69, 9.17) is 15.2 Å². The normalized spacial score (nSPS) is 20.9. The second-order valence-electron chi connectivity index (χ2n) is 6.89. The van der Waals surface area contributed by atoms with Crippen molar-refractivity contribution in [1.29, 1.82) is 0 Å². The Labute approximate surface area is 173 Å². The number of rotatable bonds is 4. The smallest absolute Gasteiger partial charge is 0.255 e. The number of thioether (sulfide) groups is 1. The van der Waals surface area contributed by atoms with Crippen LogP contribution in [0.25, 0.3) is 5.70 Å². The van der Waals surface area contributed by atoms with Gasteiger partial charge in [0.25, 0.3) is 5.91 Å². The molecule has 0 saturated carbocycles. The Bertz CT molecular complexity index is 994. The molecule has 2 aliphatic rings. The molecule has 0 radical (unpaired) electrons. The van der Waals surface area contributed by atoms with Gasteiger partial charge in [-0.15, -0.1) is 0 Å². The number of aryl methyl sites for hydroxylation is 1. The largest absolute Gasteiger partial charge is 0.497 e. The molecule has 0 bridgehead atoms. The molecule has 4 rings (SSSR count). The Morgan fingerprint density at radius 2 is 2.10 bits per heavy atom. The first-order valence-electron chi connectivity index (χ1n) is 9.24. The van der Waals surface area contributed by atoms with Gasteiger partial charge in [0.15, 0.2) is 0 Å². The molecular formula is C20H23N5O3S. The van der Waals surface area contributed by atoms with Crippen molar-refractivity contribution in [2.45, 2.75) is 24.8 Å². The summed E-state index contributed by atoms with van der Waals surface area (Å²) in [4.78, 5) is 21.2. The maximum Gasteiger partial charge on any atom is 0.255 e. The number of carbonyl (C=O) groups is 1. The van der Waals surface area contributed by atoms with Crippen LogP contribution in [0.15, 0.2) is 23.6 Å². The summed E-state index contributed by atoms with van der Waals surface area (Å²) in [5.74, 6) is 0.744. The van der Waals surface area contributed by atoms with Crippen LogP contribution in [0.4, 0.5) is 5.95 Å². The number of nitrogens with two attached hydrogens (primary N) is 1. The van der Waals surface area contributed by atoms with E-state index in [1.807, 2.05) is 23.6 Å². The van der Waals surface area contributed by atoms with Gasteiger partial charge in [0.1, 0.15) is 11.2 Å². The highest BCUT2D eigenvalue weighted by Crippen LogP contribution is 2.35. The number of nitrogens with one attached hydrogen (secondary N) is 2. The monoisotopic (exact) mass is 413 g/mol. The fourth-order valence-corrected chi connectivity index (χ4v) is 4.47. The van der Waals surface area contributed by atoms with Gasteiger partial charge in [-0.1, -0.05) is 17.8 Å². The van der Waals surface area contributed by atoms with Crippen molar-refractivity contribution >= 4 is 29.3 Å². The zero-order valence-corrected chi connectivity index (χ0v) is 17.3. The van der Waals surface area contributed by atoms with Crippen LogP contribution in [-0.2, 0) is 11.2 Å². The molecule has 1 aromatic carbocycles. The van der Waals surface area contributed by atoms with Crippen LogP contribution in [0.2, 0.25) is 0 Å². The van der Waals surface area contributed by atoms with Crippen LogP contribution >= 0.6 is 11.8 Å². The molecule has 0 spiro atoms. The average Bonchev–Trinajstić information content (AvgIpc) is 2.72. The first-order chi connectivity index (χ1) is 14.0. The molecule has 0 fully saturated rings. The number of amides is 1. The fourth-order valence-electron chi connectivity index (χ4n) is 3.69. The summed E-state index contributed by atoms with van der Waals surface area (Å²) in [6.45, 7) is 2.46. The van der Waals surface area contributed by atoms with Crippen molar-refractivity contribution < 1.29 is 14.3 Å². The Morgan fingerprint density at radius 3 is 2.79 bits per heavy atom. The standard InChI is InChI=1S/C20H23N5O3S/c1-10-18-15(25-20(21)23-10)7-14(24-19(18)26)12-5-4-11(27-2)6-13(12)16-9-29-17(28-3)8-22-16/h4-6,9,14,17,22H,7-8H2,1-3H3,(H,24,26)(H2,21,23,25). The summed E-state index contributed by atoms with van der Waals surface area (Å²) in [6.07, 6.45) is 0.537. The number of benzene rings is 1. The van der Waals surface area contributed by atoms with Crippen LogP contribution in [0.1, 0.15) is 38.9 Å². The zero-order chi connectivity index (χ0) is 20.5. The summed E-state index contributed by atoms with van der Waals surface area (Å²) in [5.41, 5.74) is 10.6. The molecule has 9 heteroatoms. The number of anilines is 1. The number of methoxy groups -OCH3 is 2. The van der Waals surface area contributed by atoms with Gasteiger partial charge < -0.3 is 25.8 Å². The highest BCUT2D eigenvalue weighted by Gasteiger charge is 2.31. The molecule has 4 N–H and O–H groups in total. The van der Waals surface area contributed by atoms with Gasteiger partial charge in [-0.05, 0) is 30.0 Å². The van der Waals surface area contributed by atoms with Crippen LogP contribution in [-0.4, -0.2) is 42.1 Å². The van der Waals surface area contributed by atoms with E-state index in [1.54, 1.807) is 32.9 Å². The molecular weight excluding hydrogens is 390 g/mol. The van der Waals surface area contributed by atoms with Crippen molar-refractivity contribution in [3.05, 3.63) is 51.7 Å². The molecule has 3 heterocycles. The Balaban J connectivity index is 1.74. The molecule has 2 aromatic rings. The fraction of sp³-hybridized carbons (Fsp3) is 0.350. The van der Waals surface area contributed by atoms with Crippen LogP contribution < -0.4 is 21.1 Å². The minimum atomic E-state index is -0.238. The summed E-state index contributed by atoms with van der Waals surface area (Å²) in [6, 6.07) is 5.62. The summed E-state index contributed by atoms with van der Waals surface area (Å²) < 4.78 is 10.8. The second-order valence-corrected chi connectivity index (χ2v) is 7.92. The molecule has 29 heavy (non-hydrogen) atoms. The third-order valence-electron chi connectivity index (χ3n) is 5.10. The number of nitrogens with zero attached hydrogens (tertiary/aromatic N) is 2. The predicted molar refractivity (Wildman–Crippen MR) is 112 cm³/mol. The van der Waals surface area contributed by atoms with E-state index >= 15 is 0 Å². The average molecular weight is 414 g/mol. The van der Waals surface area contributed by atoms with Gasteiger partial charge in [0, 0.05) is 24.8 Å². The lowest BCUT2D eigenvalue weighted by Crippen LogP contribution is -2.38. The topological polar surface area (TPSA) is 111 Å². The maximum absolute atomic E-state index is 12.8. The quantitative estimate of drug-likeness (QED) is 0.698. The Morgan fingerprint density at radius 1 is 1.28 bits per heavy atom. The number of hydrogen-bond donors (Lipinski definition) is 3. The van der Waals surface area contributed by atoms with Crippen molar-refractivity contribution in [2.24, 2.45) is 0 Å². The third kappa shape index (κ3) is 3.75. The summed E-state index contributed by atoms with van der Waals surface area (Å²) >= 11 is 1.62. The molecule has 1 aromatic heterocycles. The Kier molecular flexibility index (Phi) is 5.33. The molecule has 2 unspecified atom stereocenters. The SMILES string of the molecule is COc1ccc(C2Cc3nc(N)nc(C)c3C(=O)N2)c(C2=CSC(OC)CN2)c1. The van der Waals surface area contributed by atoms with E-state index in [0.29, 0.717) is 29.9 Å². The zero-order valence-electron chi connectivity index (χ0n) is 16.5. The highest BCUT2D eigenvalue weighted by atomic mass is 32.2. The third-order valence-corrected chi connectivity index (χ3v) is 6.13. The molecule has 152 valence electrons. The maximum atomic E-state index is 12.8. The van der Waals surface area contributed by atoms with Crippen LogP contribution in [0.3, 0.4) is 0 Å². The molecule has 2 aliphatic heterocycles. The lowest BCUT2D eigenvalue weighted by molar-refractivity contribution is 0.0922. The summed E-state index contributed by atoms with van der Waals surface area (Å²) in [5, 5.41) is 8.56. The first kappa shape index (κ1) is 19.5. The summed E-state index contributed by atoms with van der Waals surface area (Å²) in [7, 11) is 3.33. The van der Waals surface area contributed by atoms with Crippen LogP contribution in [0, 0.1) is 6.92 Å². The van der Waals surface area contributed by atoms with E-state index < -0.39 is 0 Å². The van der Waals surface area contributed by atoms with E-state index in [2.05, 4.69) is 20.6 Å². The van der Waals surface area contributed by atoms with E-state index in [9.17, 15) is 4.79 Å². The van der Waals surface area contributed by atoms with Gasteiger partial charge in [0.05, 0.1) is 36.6 Å². The van der Waals surface area contributed by atoms with E-state index in [1.165, 1.54) is 0 Å². The van der Waals surface area contributed by atoms with Gasteiger partial charge in [-0.3, -0.25) is 4.79 Å². The van der Waals surface area contributed by atoms with Gasteiger partial charge in [0.2, 0.25) is 5.95 Å². The first-order valence-corrected chi connectivity index (χ1v) is 10.2. The minimum Gasteiger partial charge on any atom is -0.497 e. The lowest BCUT2D eigenvalue weighted by atomic mass is 9.90. The molecule has 1 amide bonds. The van der Waals surface area contributed by atoms with E-state index in [0.717, 1.165) is 22.6 Å². The number of ether oxygens (including phenoxy) is 2. The lowest BCUT2D eigenvalue weighted by Gasteiger charge is -2.30. The minimum absolute atomic E-state index is 0.0664. The van der Waals surface area contributed by atoms with Crippen molar-refractivity contribution in [3.8, 4) is 5.75 Å². The van der Waals surface area contributed by atoms with Crippen molar-refractivity contribution in [2.75, 3.05) is 26.5 Å². The van der Waals surface area contributed by atoms with Gasteiger partial charge >= 0.3 is 0 Å². The van der Waals surface area contributed by atoms with Gasteiger partial charge in [-0.2, -0.15) is 0 Å². The number of hydrogen-bond acceptors (Lipinski definition) is 8. The van der Waals surface area contributed by atoms with Crippen LogP contribution in [0.5, 0.6) is 5.75 Å².